The Morgan fingerprint density at radius 2 is 2.10 bits per heavy atom. The van der Waals surface area contributed by atoms with E-state index >= 15 is 0 Å². The maximum absolute atomic E-state index is 9.81. The van der Waals surface area contributed by atoms with Gasteiger partial charge < -0.3 is 20.5 Å². The van der Waals surface area contributed by atoms with Gasteiger partial charge in [-0.05, 0) is 24.6 Å². The highest BCUT2D eigenvalue weighted by Crippen LogP contribution is 2.22. The molecule has 0 aliphatic heterocycles. The van der Waals surface area contributed by atoms with Crippen LogP contribution in [0.1, 0.15) is 31.7 Å². The molecule has 0 atom stereocenters. The zero-order chi connectivity index (χ0) is 14.8. The number of nitrogens with zero attached hydrogens (tertiary/aromatic N) is 1. The quantitative estimate of drug-likeness (QED) is 0.407. The lowest BCUT2D eigenvalue weighted by Crippen LogP contribution is -2.37. The Balaban J connectivity index is 2.48. The zero-order valence-electron chi connectivity index (χ0n) is 12.6. The number of aliphatic imine (C=N–C) groups is 1. The molecule has 0 aliphatic rings. The van der Waals surface area contributed by atoms with Crippen LogP contribution in [0.3, 0.4) is 0 Å². The molecule has 1 rings (SSSR count). The van der Waals surface area contributed by atoms with Gasteiger partial charge in [0, 0.05) is 25.7 Å². The molecule has 0 aromatic heterocycles. The standard InChI is InChI=1S/C15H25N3O2/c1-4-5-6-9-17-15(16-2)18-11-12-10-13(20-3)7-8-14(12)19/h7-8,10,19H,4-6,9,11H2,1-3H3,(H2,16,17,18). The van der Waals surface area contributed by atoms with Crippen molar-refractivity contribution >= 4 is 5.96 Å². The number of aromatic hydroxyl groups is 1. The second-order valence-electron chi connectivity index (χ2n) is 4.55. The Labute approximate surface area is 121 Å². The molecular formula is C15H25N3O2. The minimum atomic E-state index is 0.250. The number of hydrogen-bond donors (Lipinski definition) is 3. The zero-order valence-corrected chi connectivity index (χ0v) is 12.6. The van der Waals surface area contributed by atoms with Gasteiger partial charge in [0.1, 0.15) is 11.5 Å². The summed E-state index contributed by atoms with van der Waals surface area (Å²) in [6.45, 7) is 3.58. The SMILES string of the molecule is CCCCCNC(=NC)NCc1cc(OC)ccc1O. The van der Waals surface area contributed by atoms with Crippen molar-refractivity contribution in [2.75, 3.05) is 20.7 Å². The molecule has 20 heavy (non-hydrogen) atoms. The second kappa shape index (κ2) is 9.07. The number of guanidine groups is 1. The molecule has 0 fully saturated rings. The number of phenolic OH excluding ortho intramolecular Hbond substituents is 1. The maximum atomic E-state index is 9.81. The summed E-state index contributed by atoms with van der Waals surface area (Å²) in [6.07, 6.45) is 3.54. The van der Waals surface area contributed by atoms with E-state index < -0.39 is 0 Å². The highest BCUT2D eigenvalue weighted by atomic mass is 16.5. The lowest BCUT2D eigenvalue weighted by atomic mass is 10.2. The van der Waals surface area contributed by atoms with Crippen LogP contribution < -0.4 is 15.4 Å². The number of methoxy groups -OCH3 is 1. The van der Waals surface area contributed by atoms with E-state index in [9.17, 15) is 5.11 Å². The van der Waals surface area contributed by atoms with Crippen LogP contribution in [0.2, 0.25) is 0 Å². The molecular weight excluding hydrogens is 254 g/mol. The molecule has 0 amide bonds. The third-order valence-electron chi connectivity index (χ3n) is 3.03. The molecule has 0 spiro atoms. The summed E-state index contributed by atoms with van der Waals surface area (Å²) in [6, 6.07) is 5.18. The van der Waals surface area contributed by atoms with E-state index in [-0.39, 0.29) is 5.75 Å². The summed E-state index contributed by atoms with van der Waals surface area (Å²) >= 11 is 0. The van der Waals surface area contributed by atoms with E-state index in [0.29, 0.717) is 6.54 Å². The van der Waals surface area contributed by atoms with E-state index in [2.05, 4.69) is 22.5 Å². The van der Waals surface area contributed by atoms with Crippen molar-refractivity contribution in [2.24, 2.45) is 4.99 Å². The lowest BCUT2D eigenvalue weighted by molar-refractivity contribution is 0.410. The van der Waals surface area contributed by atoms with Gasteiger partial charge in [-0.1, -0.05) is 19.8 Å². The fourth-order valence-corrected chi connectivity index (χ4v) is 1.81. The third kappa shape index (κ3) is 5.38. The van der Waals surface area contributed by atoms with Crippen LogP contribution in [0.15, 0.2) is 23.2 Å². The van der Waals surface area contributed by atoms with Gasteiger partial charge in [0.05, 0.1) is 7.11 Å². The Morgan fingerprint density at radius 1 is 1.30 bits per heavy atom. The van der Waals surface area contributed by atoms with Crippen molar-refractivity contribution in [1.82, 2.24) is 10.6 Å². The molecule has 0 heterocycles. The van der Waals surface area contributed by atoms with Crippen LogP contribution in [0.4, 0.5) is 0 Å². The molecule has 0 aliphatic carbocycles. The number of hydrogen-bond acceptors (Lipinski definition) is 3. The predicted octanol–water partition coefficient (Wildman–Crippen LogP) is 2.26. The molecule has 1 aromatic carbocycles. The van der Waals surface area contributed by atoms with Gasteiger partial charge in [-0.25, -0.2) is 0 Å². The van der Waals surface area contributed by atoms with Gasteiger partial charge in [0.2, 0.25) is 0 Å². The van der Waals surface area contributed by atoms with Crippen LogP contribution in [0, 0.1) is 0 Å². The fraction of sp³-hybridized carbons (Fsp3) is 0.533. The average Bonchev–Trinajstić information content (AvgIpc) is 2.48. The number of nitrogens with one attached hydrogen (secondary N) is 2. The van der Waals surface area contributed by atoms with Gasteiger partial charge in [-0.15, -0.1) is 0 Å². The summed E-state index contributed by atoms with van der Waals surface area (Å²) < 4.78 is 5.15. The summed E-state index contributed by atoms with van der Waals surface area (Å²) in [5.41, 5.74) is 0.779. The van der Waals surface area contributed by atoms with Gasteiger partial charge in [-0.3, -0.25) is 4.99 Å². The van der Waals surface area contributed by atoms with Crippen LogP contribution in [-0.2, 0) is 6.54 Å². The van der Waals surface area contributed by atoms with E-state index in [1.807, 2.05) is 6.07 Å². The van der Waals surface area contributed by atoms with Crippen molar-refractivity contribution in [1.29, 1.82) is 0 Å². The third-order valence-corrected chi connectivity index (χ3v) is 3.03. The highest BCUT2D eigenvalue weighted by molar-refractivity contribution is 5.79. The Hall–Kier alpha value is -1.91. The Kier molecular flexibility index (Phi) is 7.32. The molecule has 5 nitrogen and oxygen atoms in total. The molecule has 3 N–H and O–H groups in total. The van der Waals surface area contributed by atoms with E-state index in [0.717, 1.165) is 30.2 Å². The molecule has 0 saturated heterocycles. The average molecular weight is 279 g/mol. The van der Waals surface area contributed by atoms with Crippen molar-refractivity contribution < 1.29 is 9.84 Å². The largest absolute Gasteiger partial charge is 0.508 e. The molecule has 0 unspecified atom stereocenters. The molecule has 0 bridgehead atoms. The van der Waals surface area contributed by atoms with E-state index in [1.165, 1.54) is 12.8 Å². The topological polar surface area (TPSA) is 65.9 Å². The van der Waals surface area contributed by atoms with Crippen LogP contribution in [0.25, 0.3) is 0 Å². The lowest BCUT2D eigenvalue weighted by Gasteiger charge is -2.13. The van der Waals surface area contributed by atoms with Crippen molar-refractivity contribution in [3.63, 3.8) is 0 Å². The highest BCUT2D eigenvalue weighted by Gasteiger charge is 2.04. The number of unbranched alkanes of at least 4 members (excludes halogenated alkanes) is 2. The van der Waals surface area contributed by atoms with Gasteiger partial charge in [-0.2, -0.15) is 0 Å². The van der Waals surface area contributed by atoms with Crippen molar-refractivity contribution in [3.8, 4) is 11.5 Å². The first-order valence-corrected chi connectivity index (χ1v) is 7.01. The molecule has 5 heteroatoms. The first-order chi connectivity index (χ1) is 9.71. The number of ether oxygens (including phenoxy) is 1. The molecule has 0 saturated carbocycles. The fourth-order valence-electron chi connectivity index (χ4n) is 1.81. The Bertz CT molecular complexity index is 433. The minimum Gasteiger partial charge on any atom is -0.508 e. The summed E-state index contributed by atoms with van der Waals surface area (Å²) in [5, 5.41) is 16.2. The smallest absolute Gasteiger partial charge is 0.191 e. The minimum absolute atomic E-state index is 0.250. The van der Waals surface area contributed by atoms with Crippen molar-refractivity contribution in [2.45, 2.75) is 32.7 Å². The van der Waals surface area contributed by atoms with Crippen LogP contribution in [-0.4, -0.2) is 31.8 Å². The predicted molar refractivity (Wildman–Crippen MR) is 82.4 cm³/mol. The van der Waals surface area contributed by atoms with Crippen LogP contribution in [0.5, 0.6) is 11.5 Å². The van der Waals surface area contributed by atoms with Crippen LogP contribution >= 0.6 is 0 Å². The Morgan fingerprint density at radius 3 is 2.75 bits per heavy atom. The van der Waals surface area contributed by atoms with E-state index in [4.69, 9.17) is 4.74 Å². The molecule has 112 valence electrons. The monoisotopic (exact) mass is 279 g/mol. The number of rotatable bonds is 7. The van der Waals surface area contributed by atoms with Gasteiger partial charge >= 0.3 is 0 Å². The molecule has 1 aromatic rings. The summed E-state index contributed by atoms with van der Waals surface area (Å²) in [4.78, 5) is 4.15. The number of phenols is 1. The first kappa shape index (κ1) is 16.1. The van der Waals surface area contributed by atoms with Gasteiger partial charge in [0.25, 0.3) is 0 Å². The van der Waals surface area contributed by atoms with Gasteiger partial charge in [0.15, 0.2) is 5.96 Å². The maximum Gasteiger partial charge on any atom is 0.191 e. The molecule has 0 radical (unpaired) electrons. The summed E-state index contributed by atoms with van der Waals surface area (Å²) in [7, 11) is 3.35. The summed E-state index contributed by atoms with van der Waals surface area (Å²) in [5.74, 6) is 1.72. The number of benzene rings is 1. The van der Waals surface area contributed by atoms with E-state index in [1.54, 1.807) is 26.3 Å². The second-order valence-corrected chi connectivity index (χ2v) is 4.55. The normalized spacial score (nSPS) is 11.2. The first-order valence-electron chi connectivity index (χ1n) is 7.01. The van der Waals surface area contributed by atoms with Crippen molar-refractivity contribution in [3.05, 3.63) is 23.8 Å².